The molecule has 88 valence electrons. The Morgan fingerprint density at radius 1 is 1.50 bits per heavy atom. The summed E-state index contributed by atoms with van der Waals surface area (Å²) in [4.78, 5) is 11.5. The highest BCUT2D eigenvalue weighted by Gasteiger charge is 2.14. The Morgan fingerprint density at radius 3 is 2.81 bits per heavy atom. The fourth-order valence-electron chi connectivity index (χ4n) is 1.30. The Labute approximate surface area is 104 Å². The van der Waals surface area contributed by atoms with Gasteiger partial charge in [-0.25, -0.2) is 0 Å². The quantitative estimate of drug-likeness (QED) is 0.846. The van der Waals surface area contributed by atoms with Crippen LogP contribution in [-0.4, -0.2) is 12.0 Å². The maximum atomic E-state index is 11.5. The van der Waals surface area contributed by atoms with Gasteiger partial charge >= 0.3 is 5.97 Å². The maximum Gasteiger partial charge on any atom is 0.323 e. The van der Waals surface area contributed by atoms with Gasteiger partial charge in [0.1, 0.15) is 12.6 Å². The van der Waals surface area contributed by atoms with Crippen LogP contribution >= 0.6 is 15.9 Å². The summed E-state index contributed by atoms with van der Waals surface area (Å²) in [5.74, 6) is -0.336. The lowest BCUT2D eigenvalue weighted by molar-refractivity contribution is -0.146. The van der Waals surface area contributed by atoms with Crippen LogP contribution in [0, 0.1) is 0 Å². The number of rotatable bonds is 5. The van der Waals surface area contributed by atoms with Crippen LogP contribution < -0.4 is 5.73 Å². The minimum absolute atomic E-state index is 0.262. The highest BCUT2D eigenvalue weighted by Crippen LogP contribution is 2.16. The zero-order valence-corrected chi connectivity index (χ0v) is 10.9. The Bertz CT molecular complexity index is 355. The lowest BCUT2D eigenvalue weighted by Crippen LogP contribution is -2.31. The fourth-order valence-corrected chi connectivity index (χ4v) is 1.70. The monoisotopic (exact) mass is 285 g/mol. The molecule has 0 bridgehead atoms. The molecule has 0 heterocycles. The van der Waals surface area contributed by atoms with Crippen molar-refractivity contribution in [1.29, 1.82) is 0 Å². The van der Waals surface area contributed by atoms with Crippen molar-refractivity contribution < 1.29 is 9.53 Å². The second-order valence-corrected chi connectivity index (χ2v) is 4.45. The van der Waals surface area contributed by atoms with Gasteiger partial charge < -0.3 is 10.5 Å². The van der Waals surface area contributed by atoms with Crippen LogP contribution in [0.15, 0.2) is 28.7 Å². The predicted octanol–water partition coefficient (Wildman–Crippen LogP) is 2.62. The molecule has 0 spiro atoms. The van der Waals surface area contributed by atoms with Gasteiger partial charge in [0.2, 0.25) is 0 Å². The van der Waals surface area contributed by atoms with Crippen LogP contribution in [0.5, 0.6) is 0 Å². The number of nitrogens with two attached hydrogens (primary N) is 1. The first kappa shape index (κ1) is 13.2. The van der Waals surface area contributed by atoms with Crippen molar-refractivity contribution >= 4 is 21.9 Å². The normalized spacial score (nSPS) is 12.2. The van der Waals surface area contributed by atoms with Gasteiger partial charge in [0, 0.05) is 10.0 Å². The smallest absolute Gasteiger partial charge is 0.323 e. The first-order valence-electron chi connectivity index (χ1n) is 5.30. The third kappa shape index (κ3) is 3.94. The van der Waals surface area contributed by atoms with E-state index >= 15 is 0 Å². The largest absolute Gasteiger partial charge is 0.460 e. The second kappa shape index (κ2) is 6.66. The molecular formula is C12H16BrNO2. The van der Waals surface area contributed by atoms with Gasteiger partial charge in [-0.05, 0) is 12.5 Å². The summed E-state index contributed by atoms with van der Waals surface area (Å²) >= 11 is 3.39. The summed E-state index contributed by atoms with van der Waals surface area (Å²) in [6, 6.07) is 7.13. The summed E-state index contributed by atoms with van der Waals surface area (Å²) in [6.07, 6.45) is 1.54. The number of carbonyl (C=O) groups excluding carboxylic acids is 1. The molecule has 0 saturated heterocycles. The van der Waals surface area contributed by atoms with E-state index in [0.717, 1.165) is 16.5 Å². The van der Waals surface area contributed by atoms with E-state index in [2.05, 4.69) is 15.9 Å². The van der Waals surface area contributed by atoms with E-state index in [4.69, 9.17) is 10.5 Å². The van der Waals surface area contributed by atoms with Crippen LogP contribution in [0.2, 0.25) is 0 Å². The summed E-state index contributed by atoms with van der Waals surface area (Å²) in [5.41, 5.74) is 6.59. The Morgan fingerprint density at radius 2 is 2.19 bits per heavy atom. The van der Waals surface area contributed by atoms with E-state index in [-0.39, 0.29) is 12.6 Å². The minimum atomic E-state index is -0.507. The summed E-state index contributed by atoms with van der Waals surface area (Å²) in [6.45, 7) is 2.25. The molecule has 16 heavy (non-hydrogen) atoms. The molecule has 1 aromatic carbocycles. The van der Waals surface area contributed by atoms with Gasteiger partial charge in [0.15, 0.2) is 0 Å². The third-order valence-electron chi connectivity index (χ3n) is 2.23. The number of hydrogen-bond donors (Lipinski definition) is 1. The van der Waals surface area contributed by atoms with E-state index in [1.54, 1.807) is 0 Å². The molecule has 1 atom stereocenters. The lowest BCUT2D eigenvalue weighted by Gasteiger charge is -2.11. The van der Waals surface area contributed by atoms with Crippen molar-refractivity contribution in [2.24, 2.45) is 5.73 Å². The van der Waals surface area contributed by atoms with Gasteiger partial charge in [0.05, 0.1) is 0 Å². The third-order valence-corrected chi connectivity index (χ3v) is 3.00. The van der Waals surface area contributed by atoms with Crippen LogP contribution in [0.1, 0.15) is 25.3 Å². The molecule has 0 fully saturated rings. The van der Waals surface area contributed by atoms with Gasteiger partial charge in [-0.3, -0.25) is 4.79 Å². The van der Waals surface area contributed by atoms with E-state index in [1.165, 1.54) is 0 Å². The SMILES string of the molecule is CCC[C@H](N)C(=O)OCc1ccccc1Br. The molecule has 4 heteroatoms. The van der Waals surface area contributed by atoms with Crippen molar-refractivity contribution in [3.8, 4) is 0 Å². The molecule has 3 nitrogen and oxygen atoms in total. The van der Waals surface area contributed by atoms with Crippen molar-refractivity contribution in [3.63, 3.8) is 0 Å². The zero-order chi connectivity index (χ0) is 12.0. The average molecular weight is 286 g/mol. The molecule has 0 radical (unpaired) electrons. The summed E-state index contributed by atoms with van der Waals surface area (Å²) in [7, 11) is 0. The number of benzene rings is 1. The minimum Gasteiger partial charge on any atom is -0.460 e. The van der Waals surface area contributed by atoms with Gasteiger partial charge in [-0.2, -0.15) is 0 Å². The van der Waals surface area contributed by atoms with Gasteiger partial charge in [-0.15, -0.1) is 0 Å². The first-order chi connectivity index (χ1) is 7.65. The summed E-state index contributed by atoms with van der Waals surface area (Å²) in [5, 5.41) is 0. The molecule has 0 aliphatic heterocycles. The number of esters is 1. The van der Waals surface area contributed by atoms with E-state index in [9.17, 15) is 4.79 Å². The highest BCUT2D eigenvalue weighted by atomic mass is 79.9. The van der Waals surface area contributed by atoms with Crippen LogP contribution in [0.3, 0.4) is 0 Å². The van der Waals surface area contributed by atoms with Crippen molar-refractivity contribution in [2.75, 3.05) is 0 Å². The highest BCUT2D eigenvalue weighted by molar-refractivity contribution is 9.10. The van der Waals surface area contributed by atoms with Crippen LogP contribution in [0.4, 0.5) is 0 Å². The van der Waals surface area contributed by atoms with E-state index in [0.29, 0.717) is 6.42 Å². The van der Waals surface area contributed by atoms with Crippen LogP contribution in [0.25, 0.3) is 0 Å². The number of carbonyl (C=O) groups is 1. The predicted molar refractivity (Wildman–Crippen MR) is 66.8 cm³/mol. The Balaban J connectivity index is 2.46. The number of ether oxygens (including phenoxy) is 1. The Kier molecular flexibility index (Phi) is 5.49. The van der Waals surface area contributed by atoms with Crippen LogP contribution in [-0.2, 0) is 16.1 Å². The van der Waals surface area contributed by atoms with Gasteiger partial charge in [0.25, 0.3) is 0 Å². The molecule has 0 saturated carbocycles. The molecule has 0 aliphatic rings. The molecule has 0 aliphatic carbocycles. The second-order valence-electron chi connectivity index (χ2n) is 3.59. The van der Waals surface area contributed by atoms with Crippen molar-refractivity contribution in [2.45, 2.75) is 32.4 Å². The fraction of sp³-hybridized carbons (Fsp3) is 0.417. The molecule has 0 aromatic heterocycles. The molecule has 1 aromatic rings. The molecular weight excluding hydrogens is 270 g/mol. The molecule has 0 unspecified atom stereocenters. The number of hydrogen-bond acceptors (Lipinski definition) is 3. The van der Waals surface area contributed by atoms with E-state index in [1.807, 2.05) is 31.2 Å². The average Bonchev–Trinajstić information content (AvgIpc) is 2.28. The number of halogens is 1. The van der Waals surface area contributed by atoms with Gasteiger partial charge in [-0.1, -0.05) is 47.5 Å². The first-order valence-corrected chi connectivity index (χ1v) is 6.10. The van der Waals surface area contributed by atoms with Crippen molar-refractivity contribution in [1.82, 2.24) is 0 Å². The Hall–Kier alpha value is -0.870. The molecule has 1 rings (SSSR count). The topological polar surface area (TPSA) is 52.3 Å². The zero-order valence-electron chi connectivity index (χ0n) is 9.28. The molecule has 2 N–H and O–H groups in total. The lowest BCUT2D eigenvalue weighted by atomic mass is 10.2. The summed E-state index contributed by atoms with van der Waals surface area (Å²) < 4.78 is 6.07. The standard InChI is InChI=1S/C12H16BrNO2/c1-2-5-11(14)12(15)16-8-9-6-3-4-7-10(9)13/h3-4,6-7,11H,2,5,8,14H2,1H3/t11-/m0/s1. The van der Waals surface area contributed by atoms with E-state index < -0.39 is 6.04 Å². The maximum absolute atomic E-state index is 11.5. The molecule has 0 amide bonds. The van der Waals surface area contributed by atoms with Crippen molar-refractivity contribution in [3.05, 3.63) is 34.3 Å².